The van der Waals surface area contributed by atoms with Gasteiger partial charge in [-0.3, -0.25) is 0 Å². The average Bonchev–Trinajstić information content (AvgIpc) is 2.73. The molecule has 0 fully saturated rings. The summed E-state index contributed by atoms with van der Waals surface area (Å²) >= 11 is 18.6. The summed E-state index contributed by atoms with van der Waals surface area (Å²) in [5, 5.41) is 1.14. The lowest BCUT2D eigenvalue weighted by Gasteiger charge is -2.23. The summed E-state index contributed by atoms with van der Waals surface area (Å²) in [5.74, 6) is -0.806. The average molecular weight is 437 g/mol. The van der Waals surface area contributed by atoms with Crippen molar-refractivity contribution in [3.8, 4) is 0 Å². The number of sulfone groups is 1. The van der Waals surface area contributed by atoms with Gasteiger partial charge in [-0.05, 0) is 35.4 Å². The second kappa shape index (κ2) is 6.55. The van der Waals surface area contributed by atoms with Crippen LogP contribution >= 0.6 is 34.8 Å². The maximum atomic E-state index is 14.3. The van der Waals surface area contributed by atoms with E-state index in [1.54, 1.807) is 6.07 Å². The minimum Gasteiger partial charge on any atom is -0.366 e. The van der Waals surface area contributed by atoms with Gasteiger partial charge in [0.25, 0.3) is 0 Å². The fourth-order valence-corrected chi connectivity index (χ4v) is 4.66. The summed E-state index contributed by atoms with van der Waals surface area (Å²) in [6.07, 6.45) is 0.951. The van der Waals surface area contributed by atoms with E-state index in [1.165, 1.54) is 12.1 Å². The van der Waals surface area contributed by atoms with Gasteiger partial charge in [0.15, 0.2) is 9.84 Å². The molecule has 0 aromatic heterocycles. The van der Waals surface area contributed by atoms with Crippen molar-refractivity contribution >= 4 is 50.3 Å². The van der Waals surface area contributed by atoms with Crippen molar-refractivity contribution in [1.29, 1.82) is 0 Å². The quantitative estimate of drug-likeness (QED) is 0.638. The van der Waals surface area contributed by atoms with Crippen molar-refractivity contribution in [1.82, 2.24) is 0 Å². The van der Waals surface area contributed by atoms with Crippen LogP contribution in [0.2, 0.25) is 15.1 Å². The minimum absolute atomic E-state index is 0.165. The van der Waals surface area contributed by atoms with Crippen LogP contribution in [0.1, 0.15) is 25.0 Å². The van der Waals surface area contributed by atoms with Crippen LogP contribution in [0.5, 0.6) is 0 Å². The summed E-state index contributed by atoms with van der Waals surface area (Å²) in [5.41, 5.74) is 2.30. The molecule has 1 heterocycles. The number of anilines is 1. The predicted molar refractivity (Wildman–Crippen MR) is 105 cm³/mol. The molecule has 0 spiro atoms. The second-order valence-electron chi connectivity index (χ2n) is 7.17. The Bertz CT molecular complexity index is 1010. The molecule has 0 aliphatic carbocycles. The molecule has 3 nitrogen and oxygen atoms in total. The molecule has 0 unspecified atom stereocenters. The Kier molecular flexibility index (Phi) is 4.98. The molecule has 0 atom stereocenters. The van der Waals surface area contributed by atoms with Crippen molar-refractivity contribution < 1.29 is 12.8 Å². The first-order valence-electron chi connectivity index (χ1n) is 7.82. The molecular weight excluding hydrogens is 420 g/mol. The third kappa shape index (κ3) is 3.55. The molecule has 0 saturated heterocycles. The van der Waals surface area contributed by atoms with Crippen LogP contribution in [0.15, 0.2) is 29.2 Å². The molecule has 2 aromatic rings. The van der Waals surface area contributed by atoms with E-state index in [2.05, 4.69) is 13.8 Å². The second-order valence-corrected chi connectivity index (χ2v) is 10.4. The highest BCUT2D eigenvalue weighted by molar-refractivity contribution is 7.90. The van der Waals surface area contributed by atoms with Gasteiger partial charge in [0, 0.05) is 35.5 Å². The summed E-state index contributed by atoms with van der Waals surface area (Å²) in [4.78, 5) is 1.64. The largest absolute Gasteiger partial charge is 0.366 e. The van der Waals surface area contributed by atoms with Gasteiger partial charge in [-0.1, -0.05) is 48.7 Å². The van der Waals surface area contributed by atoms with Crippen LogP contribution in [0, 0.1) is 5.82 Å². The van der Waals surface area contributed by atoms with E-state index in [-0.39, 0.29) is 10.4 Å². The minimum atomic E-state index is -3.68. The zero-order chi connectivity index (χ0) is 19.4. The van der Waals surface area contributed by atoms with Crippen LogP contribution in [-0.4, -0.2) is 21.2 Å². The lowest BCUT2D eigenvalue weighted by atomic mass is 9.87. The molecule has 0 N–H and O–H groups in total. The van der Waals surface area contributed by atoms with Gasteiger partial charge in [-0.15, -0.1) is 0 Å². The molecule has 140 valence electrons. The predicted octanol–water partition coefficient (Wildman–Crippen LogP) is 5.49. The van der Waals surface area contributed by atoms with E-state index in [4.69, 9.17) is 34.8 Å². The van der Waals surface area contributed by atoms with E-state index in [0.717, 1.165) is 17.5 Å². The highest BCUT2D eigenvalue weighted by Crippen LogP contribution is 2.45. The van der Waals surface area contributed by atoms with Gasteiger partial charge < -0.3 is 4.90 Å². The van der Waals surface area contributed by atoms with Crippen LogP contribution in [0.25, 0.3) is 0 Å². The molecule has 3 rings (SSSR count). The summed E-state index contributed by atoms with van der Waals surface area (Å²) in [7, 11) is -3.68. The number of hydrogen-bond donors (Lipinski definition) is 0. The maximum absolute atomic E-state index is 14.3. The number of benzene rings is 2. The molecule has 26 heavy (non-hydrogen) atoms. The van der Waals surface area contributed by atoms with E-state index in [1.807, 2.05) is 11.0 Å². The lowest BCUT2D eigenvalue weighted by molar-refractivity contribution is 0.548. The van der Waals surface area contributed by atoms with Crippen LogP contribution < -0.4 is 4.90 Å². The SMILES string of the molecule is CC1(C)CN(Cc2cc(F)c(S(C)(=O)=O)cc2Cl)c2cc(Cl)c(Cl)cc21. The van der Waals surface area contributed by atoms with Crippen LogP contribution in [0.4, 0.5) is 10.1 Å². The Hall–Kier alpha value is -1.01. The van der Waals surface area contributed by atoms with Gasteiger partial charge in [0.05, 0.1) is 10.0 Å². The summed E-state index contributed by atoms with van der Waals surface area (Å²) < 4.78 is 37.6. The van der Waals surface area contributed by atoms with Crippen molar-refractivity contribution in [3.05, 3.63) is 56.3 Å². The van der Waals surface area contributed by atoms with Crippen molar-refractivity contribution in [3.63, 3.8) is 0 Å². The van der Waals surface area contributed by atoms with E-state index in [9.17, 15) is 12.8 Å². The van der Waals surface area contributed by atoms with Crippen molar-refractivity contribution in [2.45, 2.75) is 30.7 Å². The van der Waals surface area contributed by atoms with E-state index in [0.29, 0.717) is 28.7 Å². The Labute approximate surface area is 167 Å². The Morgan fingerprint density at radius 2 is 1.69 bits per heavy atom. The zero-order valence-electron chi connectivity index (χ0n) is 14.4. The number of halogens is 4. The fourth-order valence-electron chi connectivity index (χ4n) is 3.31. The molecule has 0 radical (unpaired) electrons. The molecule has 0 saturated carbocycles. The molecule has 0 bridgehead atoms. The monoisotopic (exact) mass is 435 g/mol. The topological polar surface area (TPSA) is 37.4 Å². The lowest BCUT2D eigenvalue weighted by Crippen LogP contribution is -2.28. The van der Waals surface area contributed by atoms with Gasteiger partial charge >= 0.3 is 0 Å². The molecule has 0 amide bonds. The summed E-state index contributed by atoms with van der Waals surface area (Å²) in [6, 6.07) is 6.00. The molecular formula is C18H17Cl3FNO2S. The molecule has 8 heteroatoms. The number of nitrogens with zero attached hydrogens (tertiary/aromatic N) is 1. The first-order chi connectivity index (χ1) is 11.9. The number of rotatable bonds is 3. The smallest absolute Gasteiger partial charge is 0.178 e. The molecule has 2 aromatic carbocycles. The van der Waals surface area contributed by atoms with Crippen molar-refractivity contribution in [2.75, 3.05) is 17.7 Å². The first-order valence-corrected chi connectivity index (χ1v) is 10.8. The fraction of sp³-hybridized carbons (Fsp3) is 0.333. The van der Waals surface area contributed by atoms with E-state index < -0.39 is 20.5 Å². The Morgan fingerprint density at radius 3 is 2.31 bits per heavy atom. The maximum Gasteiger partial charge on any atom is 0.178 e. The van der Waals surface area contributed by atoms with Gasteiger partial charge in [-0.2, -0.15) is 0 Å². The van der Waals surface area contributed by atoms with Gasteiger partial charge in [-0.25, -0.2) is 12.8 Å². The first kappa shape index (κ1) is 19.7. The zero-order valence-corrected chi connectivity index (χ0v) is 17.5. The number of fused-ring (bicyclic) bond motifs is 1. The molecule has 1 aliphatic heterocycles. The van der Waals surface area contributed by atoms with Gasteiger partial charge in [0.1, 0.15) is 10.7 Å². The van der Waals surface area contributed by atoms with Crippen LogP contribution in [-0.2, 0) is 21.8 Å². The Morgan fingerprint density at radius 1 is 1.08 bits per heavy atom. The highest BCUT2D eigenvalue weighted by atomic mass is 35.5. The third-order valence-corrected chi connectivity index (χ3v) is 6.74. The highest BCUT2D eigenvalue weighted by Gasteiger charge is 2.36. The Balaban J connectivity index is 2.02. The standard InChI is InChI=1S/C18H17Cl3FNO2S/c1-18(2)9-23(16-6-14(21)13(20)5-11(16)18)8-10-4-15(22)17(7-12(10)19)26(3,24)25/h4-7H,8-9H2,1-3H3. The van der Waals surface area contributed by atoms with Crippen molar-refractivity contribution in [2.24, 2.45) is 0 Å². The third-order valence-electron chi connectivity index (χ3n) is 4.56. The molecule has 1 aliphatic rings. The van der Waals surface area contributed by atoms with Crippen LogP contribution in [0.3, 0.4) is 0 Å². The van der Waals surface area contributed by atoms with Gasteiger partial charge in [0.2, 0.25) is 0 Å². The summed E-state index contributed by atoms with van der Waals surface area (Å²) in [6.45, 7) is 5.18. The van der Waals surface area contributed by atoms with E-state index >= 15 is 0 Å². The number of hydrogen-bond acceptors (Lipinski definition) is 3. The normalized spacial score (nSPS) is 16.0.